The highest BCUT2D eigenvalue weighted by Gasteiger charge is 2.50. The Kier molecular flexibility index (Phi) is 4.70. The van der Waals surface area contributed by atoms with Crippen LogP contribution in [0, 0.1) is 17.8 Å². The Hall–Kier alpha value is -2.99. The van der Waals surface area contributed by atoms with Crippen molar-refractivity contribution in [1.82, 2.24) is 5.32 Å². The highest BCUT2D eigenvalue weighted by Crippen LogP contribution is 2.55. The third-order valence-corrected chi connectivity index (χ3v) is 8.10. The summed E-state index contributed by atoms with van der Waals surface area (Å²) in [6, 6.07) is 10.5. The molecule has 172 valence electrons. The Bertz CT molecular complexity index is 1240. The smallest absolute Gasteiger partial charge is 0.235 e. The molecule has 2 aromatic carbocycles. The fraction of sp³-hybridized carbons (Fsp3) is 0.444. The van der Waals surface area contributed by atoms with Crippen molar-refractivity contribution in [2.24, 2.45) is 17.8 Å². The molecule has 4 fully saturated rings. The first-order valence-electron chi connectivity index (χ1n) is 11.8. The number of aromatic hydroxyl groups is 2. The highest BCUT2D eigenvalue weighted by molar-refractivity contribution is 5.88. The molecule has 3 N–H and O–H groups in total. The molecule has 0 radical (unpaired) electrons. The molecular formula is C27H29NO5. The zero-order valence-corrected chi connectivity index (χ0v) is 18.8. The summed E-state index contributed by atoms with van der Waals surface area (Å²) >= 11 is 0. The zero-order valence-electron chi connectivity index (χ0n) is 18.8. The lowest BCUT2D eigenvalue weighted by Gasteiger charge is -2.57. The minimum absolute atomic E-state index is 0.0667. The first kappa shape index (κ1) is 20.6. The minimum Gasteiger partial charge on any atom is -0.504 e. The summed E-state index contributed by atoms with van der Waals surface area (Å²) in [5.74, 6) is 2.27. The number of nitrogens with one attached hydrogen (secondary N) is 1. The largest absolute Gasteiger partial charge is 0.504 e. The molecule has 0 unspecified atom stereocenters. The molecule has 1 heterocycles. The van der Waals surface area contributed by atoms with Crippen LogP contribution in [0.15, 0.2) is 45.6 Å². The van der Waals surface area contributed by atoms with Gasteiger partial charge in [0.2, 0.25) is 16.9 Å². The van der Waals surface area contributed by atoms with Gasteiger partial charge in [-0.05, 0) is 74.0 Å². The summed E-state index contributed by atoms with van der Waals surface area (Å²) in [6.45, 7) is 0.807. The van der Waals surface area contributed by atoms with E-state index >= 15 is 0 Å². The molecule has 0 aliphatic heterocycles. The van der Waals surface area contributed by atoms with Crippen molar-refractivity contribution in [1.29, 1.82) is 0 Å². The van der Waals surface area contributed by atoms with Crippen molar-refractivity contribution in [2.45, 2.75) is 50.6 Å². The zero-order chi connectivity index (χ0) is 22.7. The Morgan fingerprint density at radius 1 is 1.00 bits per heavy atom. The first-order valence-corrected chi connectivity index (χ1v) is 11.8. The number of hydrogen-bond donors (Lipinski definition) is 3. The summed E-state index contributed by atoms with van der Waals surface area (Å²) in [5.41, 5.74) is 1.61. The molecule has 0 atom stereocenters. The second kappa shape index (κ2) is 7.52. The number of benzene rings is 2. The van der Waals surface area contributed by atoms with E-state index in [2.05, 4.69) is 5.32 Å². The van der Waals surface area contributed by atoms with Crippen LogP contribution >= 0.6 is 0 Å². The van der Waals surface area contributed by atoms with Gasteiger partial charge in [-0.25, -0.2) is 0 Å². The van der Waals surface area contributed by atoms with E-state index in [4.69, 9.17) is 9.15 Å². The second-order valence-electron chi connectivity index (χ2n) is 10.4. The van der Waals surface area contributed by atoms with Crippen LogP contribution in [0.25, 0.3) is 22.3 Å². The molecule has 1 aromatic heterocycles. The normalized spacial score (nSPS) is 27.8. The van der Waals surface area contributed by atoms with Crippen LogP contribution in [-0.2, 0) is 6.54 Å². The predicted molar refractivity (Wildman–Crippen MR) is 126 cm³/mol. The van der Waals surface area contributed by atoms with E-state index < -0.39 is 11.2 Å². The van der Waals surface area contributed by atoms with Gasteiger partial charge in [0.25, 0.3) is 0 Å². The van der Waals surface area contributed by atoms with Gasteiger partial charge in [0.15, 0.2) is 17.1 Å². The van der Waals surface area contributed by atoms with E-state index in [1.54, 1.807) is 0 Å². The van der Waals surface area contributed by atoms with E-state index in [1.807, 2.05) is 24.3 Å². The number of methoxy groups -OCH3 is 1. The molecule has 7 rings (SSSR count). The number of phenolic OH excluding ortho intramolecular Hbond substituents is 1. The summed E-state index contributed by atoms with van der Waals surface area (Å²) in [4.78, 5) is 12.7. The lowest BCUT2D eigenvalue weighted by molar-refractivity contribution is -0.0206. The van der Waals surface area contributed by atoms with Gasteiger partial charge < -0.3 is 24.7 Å². The van der Waals surface area contributed by atoms with Gasteiger partial charge in [0, 0.05) is 17.6 Å². The van der Waals surface area contributed by atoms with Crippen molar-refractivity contribution in [3.05, 3.63) is 52.2 Å². The third-order valence-electron chi connectivity index (χ3n) is 8.10. The minimum atomic E-state index is -0.558. The van der Waals surface area contributed by atoms with Crippen LogP contribution in [0.2, 0.25) is 0 Å². The van der Waals surface area contributed by atoms with Crippen molar-refractivity contribution in [3.63, 3.8) is 0 Å². The van der Waals surface area contributed by atoms with Gasteiger partial charge in [-0.3, -0.25) is 4.79 Å². The molecule has 4 saturated carbocycles. The molecule has 4 bridgehead atoms. The van der Waals surface area contributed by atoms with Crippen molar-refractivity contribution in [2.75, 3.05) is 7.11 Å². The quantitative estimate of drug-likeness (QED) is 0.513. The maximum atomic E-state index is 12.7. The summed E-state index contributed by atoms with van der Waals surface area (Å²) < 4.78 is 11.1. The van der Waals surface area contributed by atoms with Crippen molar-refractivity contribution < 1.29 is 19.4 Å². The molecule has 0 saturated heterocycles. The van der Waals surface area contributed by atoms with Crippen LogP contribution in [0.1, 0.15) is 44.1 Å². The Balaban J connectivity index is 1.26. The van der Waals surface area contributed by atoms with Crippen LogP contribution < -0.4 is 15.5 Å². The van der Waals surface area contributed by atoms with E-state index in [9.17, 15) is 15.0 Å². The fourth-order valence-electron chi connectivity index (χ4n) is 7.00. The monoisotopic (exact) mass is 447 g/mol. The number of rotatable bonds is 5. The van der Waals surface area contributed by atoms with Crippen LogP contribution in [-0.4, -0.2) is 22.9 Å². The summed E-state index contributed by atoms with van der Waals surface area (Å²) in [5, 5.41) is 24.6. The molecule has 33 heavy (non-hydrogen) atoms. The lowest BCUT2D eigenvalue weighted by Crippen LogP contribution is -2.58. The fourth-order valence-corrected chi connectivity index (χ4v) is 7.00. The van der Waals surface area contributed by atoms with Crippen LogP contribution in [0.4, 0.5) is 0 Å². The molecule has 6 nitrogen and oxygen atoms in total. The maximum Gasteiger partial charge on any atom is 0.235 e. The average Bonchev–Trinajstić information content (AvgIpc) is 2.79. The van der Waals surface area contributed by atoms with Crippen LogP contribution in [0.5, 0.6) is 17.2 Å². The van der Waals surface area contributed by atoms with E-state index in [0.29, 0.717) is 11.1 Å². The number of fused-ring (bicyclic) bond motifs is 1. The SMILES string of the molecule is COc1c(O)ccc2c(=O)c(O)c(-c3ccc(CNC45CC6CC(CC(C6)C4)C5)cc3)oc12. The predicted octanol–water partition coefficient (Wildman–Crippen LogP) is 4.94. The lowest BCUT2D eigenvalue weighted by atomic mass is 9.53. The summed E-state index contributed by atoms with van der Waals surface area (Å²) in [6.07, 6.45) is 8.21. The molecule has 4 aliphatic rings. The van der Waals surface area contributed by atoms with Gasteiger partial charge in [0.1, 0.15) is 0 Å². The van der Waals surface area contributed by atoms with Gasteiger partial charge in [-0.1, -0.05) is 24.3 Å². The third kappa shape index (κ3) is 3.39. The molecule has 6 heteroatoms. The standard InChI is InChI=1S/C27H29NO5/c1-32-26-21(29)7-6-20-22(30)23(31)24(33-25(20)26)19-4-2-15(3-5-19)14-28-27-11-16-8-17(12-27)10-18(9-16)13-27/h2-7,16-18,28-29,31H,8-14H2,1H3. The molecule has 3 aromatic rings. The highest BCUT2D eigenvalue weighted by atomic mass is 16.5. The summed E-state index contributed by atoms with van der Waals surface area (Å²) in [7, 11) is 1.40. The van der Waals surface area contributed by atoms with Gasteiger partial charge in [-0.15, -0.1) is 0 Å². The second-order valence-corrected chi connectivity index (χ2v) is 10.4. The number of ether oxygens (including phenoxy) is 1. The topological polar surface area (TPSA) is 91.9 Å². The molecule has 4 aliphatic carbocycles. The first-order chi connectivity index (χ1) is 15.9. The van der Waals surface area contributed by atoms with Crippen molar-refractivity contribution in [3.8, 4) is 28.6 Å². The average molecular weight is 448 g/mol. The van der Waals surface area contributed by atoms with Crippen molar-refractivity contribution >= 4 is 11.0 Å². The molecular weight excluding hydrogens is 418 g/mol. The van der Waals surface area contributed by atoms with E-state index in [1.165, 1.54) is 57.8 Å². The van der Waals surface area contributed by atoms with Gasteiger partial charge in [-0.2, -0.15) is 0 Å². The van der Waals surface area contributed by atoms with Crippen LogP contribution in [0.3, 0.4) is 0 Å². The Labute approximate surface area is 192 Å². The van der Waals surface area contributed by atoms with E-state index in [-0.39, 0.29) is 28.2 Å². The molecule has 0 spiro atoms. The molecule has 0 amide bonds. The Morgan fingerprint density at radius 2 is 1.64 bits per heavy atom. The maximum absolute atomic E-state index is 12.7. The van der Waals surface area contributed by atoms with Gasteiger partial charge in [0.05, 0.1) is 12.5 Å². The Morgan fingerprint density at radius 3 is 2.24 bits per heavy atom. The van der Waals surface area contributed by atoms with E-state index in [0.717, 1.165) is 29.9 Å². The van der Waals surface area contributed by atoms with Gasteiger partial charge >= 0.3 is 0 Å². The number of phenols is 1. The number of hydrogen-bond acceptors (Lipinski definition) is 6.